The molecule has 1 aliphatic rings. The summed E-state index contributed by atoms with van der Waals surface area (Å²) in [5.74, 6) is -0.226. The number of hydrogen-bond acceptors (Lipinski definition) is 2. The summed E-state index contributed by atoms with van der Waals surface area (Å²) in [6.07, 6.45) is 2.94. The number of amides is 1. The molecule has 4 heteroatoms. The number of nitrogens with zero attached hydrogens (tertiary/aromatic N) is 1. The van der Waals surface area contributed by atoms with Crippen LogP contribution in [0, 0.1) is 5.92 Å². The van der Waals surface area contributed by atoms with E-state index < -0.39 is 5.97 Å². The monoisotopic (exact) mass is 289 g/mol. The minimum atomic E-state index is -0.931. The van der Waals surface area contributed by atoms with E-state index in [2.05, 4.69) is 13.8 Å². The second-order valence-corrected chi connectivity index (χ2v) is 5.91. The molecule has 0 aliphatic carbocycles. The first-order chi connectivity index (χ1) is 10.0. The molecule has 2 atom stereocenters. The highest BCUT2D eigenvalue weighted by atomic mass is 16.4. The van der Waals surface area contributed by atoms with Crippen molar-refractivity contribution in [2.45, 2.75) is 45.6 Å². The Kier molecular flexibility index (Phi) is 4.99. The first-order valence-corrected chi connectivity index (χ1v) is 7.63. The van der Waals surface area contributed by atoms with Gasteiger partial charge in [0.05, 0.1) is 5.56 Å². The molecule has 1 saturated heterocycles. The normalized spacial score (nSPS) is 21.5. The summed E-state index contributed by atoms with van der Waals surface area (Å²) >= 11 is 0. The van der Waals surface area contributed by atoms with Crippen molar-refractivity contribution < 1.29 is 14.7 Å². The average Bonchev–Trinajstić information content (AvgIpc) is 2.86. The summed E-state index contributed by atoms with van der Waals surface area (Å²) < 4.78 is 0. The summed E-state index contributed by atoms with van der Waals surface area (Å²) in [5.41, 5.74) is 1.03. The Morgan fingerprint density at radius 1 is 1.33 bits per heavy atom. The minimum Gasteiger partial charge on any atom is -0.478 e. The standard InChI is InChI=1S/C17H23NO3/c1-3-14-10-12(2)11-18(14)16(19)9-8-13-6-4-5-7-15(13)17(20)21/h4-7,12,14H,3,8-11H2,1-2H3,(H,20,21). The summed E-state index contributed by atoms with van der Waals surface area (Å²) in [7, 11) is 0. The summed E-state index contributed by atoms with van der Waals surface area (Å²) in [5, 5.41) is 9.16. The van der Waals surface area contributed by atoms with E-state index in [4.69, 9.17) is 5.11 Å². The molecule has 0 radical (unpaired) electrons. The van der Waals surface area contributed by atoms with Crippen LogP contribution < -0.4 is 0 Å². The number of carbonyl (C=O) groups is 2. The summed E-state index contributed by atoms with van der Waals surface area (Å²) in [4.78, 5) is 25.5. The highest BCUT2D eigenvalue weighted by Crippen LogP contribution is 2.26. The van der Waals surface area contributed by atoms with Crippen LogP contribution in [0.5, 0.6) is 0 Å². The van der Waals surface area contributed by atoms with Gasteiger partial charge >= 0.3 is 5.97 Å². The Morgan fingerprint density at radius 2 is 2.05 bits per heavy atom. The molecule has 4 nitrogen and oxygen atoms in total. The number of aryl methyl sites for hydroxylation is 1. The first kappa shape index (κ1) is 15.5. The third kappa shape index (κ3) is 3.63. The first-order valence-electron chi connectivity index (χ1n) is 7.63. The third-order valence-corrected chi connectivity index (χ3v) is 4.27. The van der Waals surface area contributed by atoms with Gasteiger partial charge in [-0.15, -0.1) is 0 Å². The smallest absolute Gasteiger partial charge is 0.335 e. The van der Waals surface area contributed by atoms with Gasteiger partial charge < -0.3 is 10.0 Å². The molecule has 1 aromatic carbocycles. The van der Waals surface area contributed by atoms with Gasteiger partial charge in [-0.25, -0.2) is 4.79 Å². The highest BCUT2D eigenvalue weighted by molar-refractivity contribution is 5.89. The number of carboxylic acid groups (broad SMARTS) is 1. The van der Waals surface area contributed by atoms with Crippen molar-refractivity contribution in [3.8, 4) is 0 Å². The molecule has 2 rings (SSSR count). The quantitative estimate of drug-likeness (QED) is 0.906. The molecule has 2 unspecified atom stereocenters. The van der Waals surface area contributed by atoms with Crippen LogP contribution in [0.3, 0.4) is 0 Å². The molecule has 0 saturated carbocycles. The van der Waals surface area contributed by atoms with E-state index in [1.54, 1.807) is 18.2 Å². The van der Waals surface area contributed by atoms with Crippen molar-refractivity contribution >= 4 is 11.9 Å². The van der Waals surface area contributed by atoms with Crippen LogP contribution in [0.1, 0.15) is 49.0 Å². The Labute approximate surface area is 125 Å². The fourth-order valence-electron chi connectivity index (χ4n) is 3.18. The molecular weight excluding hydrogens is 266 g/mol. The average molecular weight is 289 g/mol. The Balaban J connectivity index is 2.00. The number of carbonyl (C=O) groups excluding carboxylic acids is 1. The summed E-state index contributed by atoms with van der Waals surface area (Å²) in [6.45, 7) is 5.12. The molecular formula is C17H23NO3. The lowest BCUT2D eigenvalue weighted by molar-refractivity contribution is -0.132. The van der Waals surface area contributed by atoms with Gasteiger partial charge in [0.2, 0.25) is 5.91 Å². The van der Waals surface area contributed by atoms with Gasteiger partial charge in [0, 0.05) is 19.0 Å². The zero-order chi connectivity index (χ0) is 15.4. The molecule has 1 fully saturated rings. The SMILES string of the molecule is CCC1CC(C)CN1C(=O)CCc1ccccc1C(=O)O. The molecule has 1 N–H and O–H groups in total. The molecule has 1 aromatic rings. The molecule has 1 amide bonds. The maximum atomic E-state index is 12.4. The number of aromatic carboxylic acids is 1. The van der Waals surface area contributed by atoms with E-state index >= 15 is 0 Å². The van der Waals surface area contributed by atoms with Gasteiger partial charge in [0.1, 0.15) is 0 Å². The molecule has 1 aliphatic heterocycles. The van der Waals surface area contributed by atoms with E-state index in [9.17, 15) is 9.59 Å². The van der Waals surface area contributed by atoms with E-state index in [1.165, 1.54) is 0 Å². The van der Waals surface area contributed by atoms with Crippen LogP contribution in [0.2, 0.25) is 0 Å². The summed E-state index contributed by atoms with van der Waals surface area (Å²) in [6, 6.07) is 7.26. The molecule has 0 spiro atoms. The van der Waals surface area contributed by atoms with Crippen molar-refractivity contribution in [3.63, 3.8) is 0 Å². The van der Waals surface area contributed by atoms with Gasteiger partial charge in [-0.05, 0) is 36.8 Å². The lowest BCUT2D eigenvalue weighted by atomic mass is 10.0. The van der Waals surface area contributed by atoms with E-state index in [-0.39, 0.29) is 5.91 Å². The number of likely N-dealkylation sites (tertiary alicyclic amines) is 1. The van der Waals surface area contributed by atoms with Crippen LogP contribution in [0.25, 0.3) is 0 Å². The van der Waals surface area contributed by atoms with E-state index in [0.29, 0.717) is 30.4 Å². The fourth-order valence-corrected chi connectivity index (χ4v) is 3.18. The lowest BCUT2D eigenvalue weighted by Gasteiger charge is -2.23. The largest absolute Gasteiger partial charge is 0.478 e. The molecule has 0 bridgehead atoms. The topological polar surface area (TPSA) is 57.6 Å². The van der Waals surface area contributed by atoms with Gasteiger partial charge in [0.15, 0.2) is 0 Å². The van der Waals surface area contributed by atoms with Crippen molar-refractivity contribution in [2.75, 3.05) is 6.54 Å². The number of rotatable bonds is 5. The van der Waals surface area contributed by atoms with Gasteiger partial charge in [-0.3, -0.25) is 4.79 Å². The predicted molar refractivity (Wildman–Crippen MR) is 81.3 cm³/mol. The molecule has 114 valence electrons. The Hall–Kier alpha value is -1.84. The Bertz CT molecular complexity index is 527. The number of carboxylic acids is 1. The highest BCUT2D eigenvalue weighted by Gasteiger charge is 2.31. The zero-order valence-electron chi connectivity index (χ0n) is 12.7. The minimum absolute atomic E-state index is 0.145. The Morgan fingerprint density at radius 3 is 2.71 bits per heavy atom. The predicted octanol–water partition coefficient (Wildman–Crippen LogP) is 2.96. The van der Waals surface area contributed by atoms with Crippen LogP contribution in [0.4, 0.5) is 0 Å². The maximum absolute atomic E-state index is 12.4. The van der Waals surface area contributed by atoms with Crippen molar-refractivity contribution in [1.29, 1.82) is 0 Å². The van der Waals surface area contributed by atoms with Gasteiger partial charge in [-0.1, -0.05) is 32.0 Å². The van der Waals surface area contributed by atoms with Crippen LogP contribution in [0.15, 0.2) is 24.3 Å². The van der Waals surface area contributed by atoms with Crippen molar-refractivity contribution in [2.24, 2.45) is 5.92 Å². The van der Waals surface area contributed by atoms with E-state index in [0.717, 1.165) is 24.9 Å². The van der Waals surface area contributed by atoms with Gasteiger partial charge in [0.25, 0.3) is 0 Å². The van der Waals surface area contributed by atoms with Crippen LogP contribution >= 0.6 is 0 Å². The maximum Gasteiger partial charge on any atom is 0.335 e. The van der Waals surface area contributed by atoms with E-state index in [1.807, 2.05) is 11.0 Å². The third-order valence-electron chi connectivity index (χ3n) is 4.27. The second-order valence-electron chi connectivity index (χ2n) is 5.91. The molecule has 1 heterocycles. The van der Waals surface area contributed by atoms with Crippen molar-refractivity contribution in [1.82, 2.24) is 4.90 Å². The number of benzene rings is 1. The van der Waals surface area contributed by atoms with Crippen molar-refractivity contribution in [3.05, 3.63) is 35.4 Å². The lowest BCUT2D eigenvalue weighted by Crippen LogP contribution is -2.35. The zero-order valence-corrected chi connectivity index (χ0v) is 12.7. The number of hydrogen-bond donors (Lipinski definition) is 1. The molecule has 0 aromatic heterocycles. The van der Waals surface area contributed by atoms with Crippen LogP contribution in [-0.4, -0.2) is 34.5 Å². The fraction of sp³-hybridized carbons (Fsp3) is 0.529. The van der Waals surface area contributed by atoms with Crippen LogP contribution in [-0.2, 0) is 11.2 Å². The molecule has 21 heavy (non-hydrogen) atoms. The second kappa shape index (κ2) is 6.74. The van der Waals surface area contributed by atoms with Gasteiger partial charge in [-0.2, -0.15) is 0 Å².